The van der Waals surface area contributed by atoms with Crippen molar-refractivity contribution in [3.05, 3.63) is 28.8 Å². The zero-order chi connectivity index (χ0) is 27.5. The van der Waals surface area contributed by atoms with Gasteiger partial charge in [0.2, 0.25) is 11.8 Å². The van der Waals surface area contributed by atoms with Crippen molar-refractivity contribution < 1.29 is 27.5 Å². The first kappa shape index (κ1) is 29.0. The van der Waals surface area contributed by atoms with Crippen LogP contribution >= 0.6 is 11.6 Å². The van der Waals surface area contributed by atoms with E-state index in [2.05, 4.69) is 23.9 Å². The van der Waals surface area contributed by atoms with Gasteiger partial charge in [-0.1, -0.05) is 31.9 Å². The molecule has 1 heterocycles. The van der Waals surface area contributed by atoms with Crippen LogP contribution < -0.4 is 10.1 Å². The first-order chi connectivity index (χ1) is 17.9. The third-order valence-electron chi connectivity index (χ3n) is 8.53. The van der Waals surface area contributed by atoms with Crippen molar-refractivity contribution in [2.75, 3.05) is 32.7 Å². The van der Waals surface area contributed by atoms with E-state index in [4.69, 9.17) is 11.6 Å². The SMILES string of the molecule is CCC1CC2CC(C1)CC(C)(CC(=O)NCC(=O)N1CCN(Cc3cc(Cl)ccc3OC(F)(F)F)CC1)C2. The maximum absolute atomic E-state index is 12.8. The minimum absolute atomic E-state index is 0.0000679. The molecule has 6 nitrogen and oxygen atoms in total. The van der Waals surface area contributed by atoms with Crippen LogP contribution in [0.4, 0.5) is 13.2 Å². The van der Waals surface area contributed by atoms with Crippen molar-refractivity contribution in [3.63, 3.8) is 0 Å². The van der Waals surface area contributed by atoms with Gasteiger partial charge in [-0.25, -0.2) is 0 Å². The van der Waals surface area contributed by atoms with Crippen LogP contribution in [0.2, 0.25) is 5.02 Å². The highest BCUT2D eigenvalue weighted by molar-refractivity contribution is 6.30. The molecule has 1 N–H and O–H groups in total. The third-order valence-corrected chi connectivity index (χ3v) is 8.77. The number of hydrogen-bond acceptors (Lipinski definition) is 4. The van der Waals surface area contributed by atoms with Gasteiger partial charge in [-0.3, -0.25) is 14.5 Å². The lowest BCUT2D eigenvalue weighted by Crippen LogP contribution is -2.51. The molecule has 212 valence electrons. The van der Waals surface area contributed by atoms with Crippen LogP contribution in [-0.2, 0) is 16.1 Å². The van der Waals surface area contributed by atoms with Crippen LogP contribution in [0.25, 0.3) is 0 Å². The number of nitrogens with one attached hydrogen (secondary N) is 1. The molecule has 1 saturated heterocycles. The van der Waals surface area contributed by atoms with Crippen molar-refractivity contribution in [2.45, 2.75) is 71.7 Å². The van der Waals surface area contributed by atoms with E-state index in [0.717, 1.165) is 18.8 Å². The molecule has 0 aromatic heterocycles. The Morgan fingerprint density at radius 1 is 1.11 bits per heavy atom. The van der Waals surface area contributed by atoms with E-state index in [9.17, 15) is 22.8 Å². The third kappa shape index (κ3) is 8.01. The summed E-state index contributed by atoms with van der Waals surface area (Å²) in [4.78, 5) is 29.2. The molecule has 2 saturated carbocycles. The zero-order valence-corrected chi connectivity index (χ0v) is 23.0. The number of rotatable bonds is 8. The lowest BCUT2D eigenvalue weighted by molar-refractivity contribution is -0.275. The lowest BCUT2D eigenvalue weighted by Gasteiger charge is -2.47. The molecule has 2 amide bonds. The van der Waals surface area contributed by atoms with Gasteiger partial charge in [-0.05, 0) is 73.5 Å². The van der Waals surface area contributed by atoms with Gasteiger partial charge in [0.15, 0.2) is 0 Å². The maximum Gasteiger partial charge on any atom is 0.573 e. The molecule has 2 atom stereocenters. The Balaban J connectivity index is 1.21. The molecular weight excluding hydrogens is 519 g/mol. The molecular formula is C28H39ClF3N3O3. The van der Waals surface area contributed by atoms with Crippen LogP contribution in [0.5, 0.6) is 5.75 Å². The fourth-order valence-corrected chi connectivity index (χ4v) is 7.21. The van der Waals surface area contributed by atoms with Gasteiger partial charge in [-0.15, -0.1) is 13.2 Å². The summed E-state index contributed by atoms with van der Waals surface area (Å²) in [6.07, 6.45) is 2.95. The van der Waals surface area contributed by atoms with E-state index in [0.29, 0.717) is 55.0 Å². The fourth-order valence-electron chi connectivity index (χ4n) is 7.02. The number of fused-ring (bicyclic) bond motifs is 2. The summed E-state index contributed by atoms with van der Waals surface area (Å²) in [5.74, 6) is 1.78. The number of ether oxygens (including phenoxy) is 1. The second-order valence-corrected chi connectivity index (χ2v) is 12.3. The smallest absolute Gasteiger partial charge is 0.405 e. The van der Waals surface area contributed by atoms with Crippen molar-refractivity contribution in [1.29, 1.82) is 0 Å². The normalized spacial score (nSPS) is 28.2. The van der Waals surface area contributed by atoms with E-state index in [1.54, 1.807) is 4.90 Å². The van der Waals surface area contributed by atoms with Crippen molar-refractivity contribution >= 4 is 23.4 Å². The summed E-state index contributed by atoms with van der Waals surface area (Å²) in [5, 5.41) is 3.17. The Morgan fingerprint density at radius 2 is 1.76 bits per heavy atom. The quantitative estimate of drug-likeness (QED) is 0.450. The molecule has 2 unspecified atom stereocenters. The minimum Gasteiger partial charge on any atom is -0.405 e. The largest absolute Gasteiger partial charge is 0.573 e. The number of nitrogens with zero attached hydrogens (tertiary/aromatic N) is 2. The molecule has 3 aliphatic rings. The van der Waals surface area contributed by atoms with Crippen molar-refractivity contribution in [1.82, 2.24) is 15.1 Å². The number of carbonyl (C=O) groups is 2. The molecule has 1 aliphatic heterocycles. The van der Waals surface area contributed by atoms with E-state index in [-0.39, 0.29) is 36.1 Å². The Bertz CT molecular complexity index is 983. The zero-order valence-electron chi connectivity index (χ0n) is 22.3. The van der Waals surface area contributed by atoms with Gasteiger partial charge in [0.1, 0.15) is 5.75 Å². The number of benzene rings is 1. The standard InChI is InChI=1S/C28H39ClF3N3O3/c1-3-19-10-20-12-21(11-19)15-27(2,14-20)16-25(36)33-17-26(37)35-8-6-34(7-9-35)18-22-13-23(29)4-5-24(22)38-28(30,31)32/h4-5,13,19-21H,3,6-12,14-18H2,1-2H3,(H,33,36). The van der Waals surface area contributed by atoms with Gasteiger partial charge in [0.25, 0.3) is 0 Å². The van der Waals surface area contributed by atoms with E-state index in [1.165, 1.54) is 43.9 Å². The number of carbonyl (C=O) groups excluding carboxylic acids is 2. The summed E-state index contributed by atoms with van der Waals surface area (Å²) in [6, 6.07) is 4.05. The summed E-state index contributed by atoms with van der Waals surface area (Å²) in [5.41, 5.74) is 0.340. The summed E-state index contributed by atoms with van der Waals surface area (Å²) in [7, 11) is 0. The summed E-state index contributed by atoms with van der Waals surface area (Å²) >= 11 is 5.99. The van der Waals surface area contributed by atoms with Gasteiger partial charge in [-0.2, -0.15) is 0 Å². The molecule has 3 fully saturated rings. The van der Waals surface area contributed by atoms with Crippen molar-refractivity contribution in [2.24, 2.45) is 23.2 Å². The van der Waals surface area contributed by atoms with Crippen molar-refractivity contribution in [3.8, 4) is 5.75 Å². The highest BCUT2D eigenvalue weighted by Crippen LogP contribution is 2.52. The number of alkyl halides is 3. The number of hydrogen-bond donors (Lipinski definition) is 1. The van der Waals surface area contributed by atoms with Gasteiger partial charge in [0, 0.05) is 49.7 Å². The number of piperazine rings is 1. The molecule has 4 rings (SSSR count). The first-order valence-electron chi connectivity index (χ1n) is 13.7. The van der Waals surface area contributed by atoms with Gasteiger partial charge < -0.3 is 15.0 Å². The molecule has 0 radical (unpaired) electrons. The fraction of sp³-hybridized carbons (Fsp3) is 0.714. The monoisotopic (exact) mass is 557 g/mol. The summed E-state index contributed by atoms with van der Waals surface area (Å²) < 4.78 is 42.4. The molecule has 1 aromatic carbocycles. The molecule has 0 spiro atoms. The average molecular weight is 558 g/mol. The van der Waals surface area contributed by atoms with Crippen LogP contribution in [0.15, 0.2) is 18.2 Å². The van der Waals surface area contributed by atoms with Gasteiger partial charge >= 0.3 is 6.36 Å². The molecule has 1 aromatic rings. The molecule has 2 aliphatic carbocycles. The highest BCUT2D eigenvalue weighted by Gasteiger charge is 2.42. The van der Waals surface area contributed by atoms with E-state index < -0.39 is 6.36 Å². The predicted octanol–water partition coefficient (Wildman–Crippen LogP) is 5.63. The van der Waals surface area contributed by atoms with Crippen LogP contribution in [0.1, 0.15) is 64.4 Å². The Labute approximate surface area is 228 Å². The number of halogens is 4. The Kier molecular flexibility index (Phi) is 9.18. The van der Waals surface area contributed by atoms with Crippen LogP contribution in [0, 0.1) is 23.2 Å². The number of amides is 2. The second-order valence-electron chi connectivity index (χ2n) is 11.8. The van der Waals surface area contributed by atoms with Gasteiger partial charge in [0.05, 0.1) is 6.54 Å². The maximum atomic E-state index is 12.8. The van der Waals surface area contributed by atoms with E-state index in [1.807, 2.05) is 4.90 Å². The Hall–Kier alpha value is -2.00. The van der Waals surface area contributed by atoms with E-state index >= 15 is 0 Å². The Morgan fingerprint density at radius 3 is 2.37 bits per heavy atom. The first-order valence-corrected chi connectivity index (χ1v) is 14.1. The lowest BCUT2D eigenvalue weighted by atomic mass is 9.58. The molecule has 38 heavy (non-hydrogen) atoms. The van der Waals surface area contributed by atoms with Crippen LogP contribution in [-0.4, -0.2) is 60.7 Å². The predicted molar refractivity (Wildman–Crippen MR) is 140 cm³/mol. The highest BCUT2D eigenvalue weighted by atomic mass is 35.5. The minimum atomic E-state index is -4.79. The van der Waals surface area contributed by atoms with Crippen LogP contribution in [0.3, 0.4) is 0 Å². The second kappa shape index (κ2) is 12.0. The topological polar surface area (TPSA) is 61.9 Å². The molecule has 2 bridgehead atoms. The summed E-state index contributed by atoms with van der Waals surface area (Å²) in [6.45, 7) is 6.56. The molecule has 10 heteroatoms. The average Bonchev–Trinajstić information content (AvgIpc) is 2.83.